The van der Waals surface area contributed by atoms with Crippen LogP contribution in [0.25, 0.3) is 0 Å². The van der Waals surface area contributed by atoms with Gasteiger partial charge in [-0.05, 0) is 112 Å². The Morgan fingerprint density at radius 1 is 0.800 bits per heavy atom. The lowest BCUT2D eigenvalue weighted by Crippen LogP contribution is -2.35. The SMILES string of the molecule is CCCCCCC1CCC2CC(C3CCC(C(=O)Oc4ccc(C(F)(F)F)cc4)CC3)CCC2C1. The third kappa shape index (κ3) is 7.26. The number of hydrogen-bond acceptors (Lipinski definition) is 2. The number of rotatable bonds is 8. The lowest BCUT2D eigenvalue weighted by molar-refractivity contribution is -0.140. The molecule has 4 atom stereocenters. The van der Waals surface area contributed by atoms with Gasteiger partial charge in [0.2, 0.25) is 0 Å². The molecule has 2 nitrogen and oxygen atoms in total. The number of alkyl halides is 3. The van der Waals surface area contributed by atoms with E-state index in [0.717, 1.165) is 67.4 Å². The van der Waals surface area contributed by atoms with Crippen molar-refractivity contribution in [2.24, 2.45) is 35.5 Å². The summed E-state index contributed by atoms with van der Waals surface area (Å²) in [4.78, 5) is 12.6. The highest BCUT2D eigenvalue weighted by Gasteiger charge is 2.39. The van der Waals surface area contributed by atoms with E-state index in [1.54, 1.807) is 0 Å². The number of benzene rings is 1. The van der Waals surface area contributed by atoms with Gasteiger partial charge < -0.3 is 4.74 Å². The zero-order valence-corrected chi connectivity index (χ0v) is 21.3. The Labute approximate surface area is 209 Å². The average Bonchev–Trinajstić information content (AvgIpc) is 2.86. The molecule has 35 heavy (non-hydrogen) atoms. The summed E-state index contributed by atoms with van der Waals surface area (Å²) in [5.41, 5.74) is -0.729. The Hall–Kier alpha value is -1.52. The molecule has 0 N–H and O–H groups in total. The van der Waals surface area contributed by atoms with Crippen LogP contribution in [0, 0.1) is 35.5 Å². The molecule has 196 valence electrons. The van der Waals surface area contributed by atoms with Gasteiger partial charge >= 0.3 is 12.1 Å². The van der Waals surface area contributed by atoms with Crippen LogP contribution in [-0.4, -0.2) is 5.97 Å². The van der Waals surface area contributed by atoms with Crippen molar-refractivity contribution >= 4 is 5.97 Å². The molecule has 1 aromatic carbocycles. The van der Waals surface area contributed by atoms with Crippen LogP contribution in [0.2, 0.25) is 0 Å². The minimum Gasteiger partial charge on any atom is -0.426 e. The van der Waals surface area contributed by atoms with Crippen molar-refractivity contribution in [1.82, 2.24) is 0 Å². The maximum Gasteiger partial charge on any atom is 0.416 e. The molecule has 3 fully saturated rings. The van der Waals surface area contributed by atoms with Gasteiger partial charge in [-0.15, -0.1) is 0 Å². The Balaban J connectivity index is 1.18. The summed E-state index contributed by atoms with van der Waals surface area (Å²) < 4.78 is 43.6. The highest BCUT2D eigenvalue weighted by molar-refractivity contribution is 5.75. The van der Waals surface area contributed by atoms with E-state index >= 15 is 0 Å². The number of carbonyl (C=O) groups is 1. The van der Waals surface area contributed by atoms with E-state index in [2.05, 4.69) is 6.92 Å². The van der Waals surface area contributed by atoms with Crippen LogP contribution in [-0.2, 0) is 11.0 Å². The molecule has 0 spiro atoms. The Bertz CT molecular complexity index is 795. The van der Waals surface area contributed by atoms with E-state index < -0.39 is 11.7 Å². The minimum absolute atomic E-state index is 0.131. The van der Waals surface area contributed by atoms with Crippen LogP contribution in [0.15, 0.2) is 24.3 Å². The summed E-state index contributed by atoms with van der Waals surface area (Å²) in [6, 6.07) is 4.42. The van der Waals surface area contributed by atoms with E-state index in [9.17, 15) is 18.0 Å². The molecule has 3 aliphatic rings. The van der Waals surface area contributed by atoms with Crippen LogP contribution in [0.4, 0.5) is 13.2 Å². The zero-order chi connectivity index (χ0) is 24.8. The Morgan fingerprint density at radius 3 is 2.06 bits per heavy atom. The summed E-state index contributed by atoms with van der Waals surface area (Å²) in [5, 5.41) is 0. The number of carbonyl (C=O) groups excluding carboxylic acids is 1. The fourth-order valence-electron chi connectivity index (χ4n) is 7.31. The van der Waals surface area contributed by atoms with E-state index in [1.165, 1.54) is 82.8 Å². The molecule has 0 radical (unpaired) electrons. The molecule has 0 amide bonds. The second kappa shape index (κ2) is 12.1. The first-order valence-electron chi connectivity index (χ1n) is 14.2. The number of ether oxygens (including phenoxy) is 1. The van der Waals surface area contributed by atoms with Gasteiger partial charge in [0, 0.05) is 0 Å². The third-order valence-electron chi connectivity index (χ3n) is 9.40. The number of esters is 1. The summed E-state index contributed by atoms with van der Waals surface area (Å²) >= 11 is 0. The van der Waals surface area contributed by atoms with Gasteiger partial charge in [-0.25, -0.2) is 0 Å². The van der Waals surface area contributed by atoms with Crippen LogP contribution in [0.1, 0.15) is 109 Å². The maximum absolute atomic E-state index is 12.7. The highest BCUT2D eigenvalue weighted by Crippen LogP contribution is 2.49. The third-order valence-corrected chi connectivity index (χ3v) is 9.40. The van der Waals surface area contributed by atoms with Crippen LogP contribution < -0.4 is 4.74 Å². The standard InChI is InChI=1S/C30H43F3O2/c1-2-3-4-5-6-21-7-8-26-20-25(14-13-24(26)19-21)22-9-11-23(12-10-22)29(34)35-28-17-15-27(16-18-28)30(31,32)33/h15-18,21-26H,2-14,19-20H2,1H3. The monoisotopic (exact) mass is 492 g/mol. The topological polar surface area (TPSA) is 26.3 Å². The predicted molar refractivity (Wildman–Crippen MR) is 133 cm³/mol. The van der Waals surface area contributed by atoms with Gasteiger partial charge in [-0.3, -0.25) is 4.79 Å². The van der Waals surface area contributed by atoms with Crippen molar-refractivity contribution < 1.29 is 22.7 Å². The summed E-state index contributed by atoms with van der Waals surface area (Å²) in [6.07, 6.45) is 14.9. The molecule has 0 heterocycles. The average molecular weight is 493 g/mol. The van der Waals surface area contributed by atoms with Crippen LogP contribution in [0.5, 0.6) is 5.75 Å². The largest absolute Gasteiger partial charge is 0.426 e. The first kappa shape index (κ1) is 26.5. The molecule has 4 rings (SSSR count). The van der Waals surface area contributed by atoms with Crippen molar-refractivity contribution in [3.8, 4) is 5.75 Å². The van der Waals surface area contributed by atoms with Crippen molar-refractivity contribution in [2.75, 3.05) is 0 Å². The molecule has 0 aromatic heterocycles. The van der Waals surface area contributed by atoms with Gasteiger partial charge in [-0.2, -0.15) is 13.2 Å². The lowest BCUT2D eigenvalue weighted by atomic mass is 9.60. The Kier molecular flexibility index (Phi) is 9.21. The molecule has 4 unspecified atom stereocenters. The first-order valence-corrected chi connectivity index (χ1v) is 14.2. The first-order chi connectivity index (χ1) is 16.8. The second-order valence-corrected chi connectivity index (χ2v) is 11.7. The molecular formula is C30H43F3O2. The molecule has 0 saturated heterocycles. The van der Waals surface area contributed by atoms with E-state index in [-0.39, 0.29) is 17.6 Å². The van der Waals surface area contributed by atoms with Crippen molar-refractivity contribution in [3.63, 3.8) is 0 Å². The zero-order valence-electron chi connectivity index (χ0n) is 21.3. The minimum atomic E-state index is -4.38. The number of hydrogen-bond donors (Lipinski definition) is 0. The summed E-state index contributed by atoms with van der Waals surface area (Å²) in [5.74, 6) is 4.15. The molecule has 3 saturated carbocycles. The molecule has 5 heteroatoms. The van der Waals surface area contributed by atoms with Crippen LogP contribution >= 0.6 is 0 Å². The van der Waals surface area contributed by atoms with E-state index in [1.807, 2.05) is 0 Å². The number of fused-ring (bicyclic) bond motifs is 1. The fourth-order valence-corrected chi connectivity index (χ4v) is 7.31. The van der Waals surface area contributed by atoms with Gasteiger partial charge in [0.1, 0.15) is 5.75 Å². The molecule has 0 bridgehead atoms. The number of halogens is 3. The summed E-state index contributed by atoms with van der Waals surface area (Å²) in [6.45, 7) is 2.28. The van der Waals surface area contributed by atoms with E-state index in [4.69, 9.17) is 4.74 Å². The smallest absolute Gasteiger partial charge is 0.416 e. The van der Waals surface area contributed by atoms with Gasteiger partial charge in [0.25, 0.3) is 0 Å². The normalized spacial score (nSPS) is 31.5. The predicted octanol–water partition coefficient (Wildman–Crippen LogP) is 9.22. The van der Waals surface area contributed by atoms with Crippen molar-refractivity contribution in [2.45, 2.75) is 109 Å². The van der Waals surface area contributed by atoms with Gasteiger partial charge in [0.05, 0.1) is 11.5 Å². The lowest BCUT2D eigenvalue weighted by Gasteiger charge is -2.45. The van der Waals surface area contributed by atoms with Gasteiger partial charge in [0.15, 0.2) is 0 Å². The molecule has 3 aliphatic carbocycles. The Morgan fingerprint density at radius 2 is 1.40 bits per heavy atom. The van der Waals surface area contributed by atoms with E-state index in [0.29, 0.717) is 0 Å². The molecule has 1 aromatic rings. The second-order valence-electron chi connectivity index (χ2n) is 11.7. The molecule has 0 aliphatic heterocycles. The highest BCUT2D eigenvalue weighted by atomic mass is 19.4. The quantitative estimate of drug-likeness (QED) is 0.205. The molecular weight excluding hydrogens is 449 g/mol. The van der Waals surface area contributed by atoms with Crippen molar-refractivity contribution in [3.05, 3.63) is 29.8 Å². The fraction of sp³-hybridized carbons (Fsp3) is 0.767. The van der Waals surface area contributed by atoms with Crippen LogP contribution in [0.3, 0.4) is 0 Å². The van der Waals surface area contributed by atoms with Crippen molar-refractivity contribution in [1.29, 1.82) is 0 Å². The summed E-state index contributed by atoms with van der Waals surface area (Å²) in [7, 11) is 0. The number of unbranched alkanes of at least 4 members (excludes halogenated alkanes) is 3. The maximum atomic E-state index is 12.7. The van der Waals surface area contributed by atoms with Gasteiger partial charge in [-0.1, -0.05) is 45.4 Å².